The van der Waals surface area contributed by atoms with E-state index in [9.17, 15) is 9.59 Å². The molecule has 0 radical (unpaired) electrons. The summed E-state index contributed by atoms with van der Waals surface area (Å²) < 4.78 is 0. The Hall–Kier alpha value is -3.18. The van der Waals surface area contributed by atoms with E-state index in [1.54, 1.807) is 0 Å². The highest BCUT2D eigenvalue weighted by Gasteiger charge is 2.19. The van der Waals surface area contributed by atoms with Crippen LogP contribution in [0.15, 0.2) is 66.7 Å². The maximum Gasteiger partial charge on any atom is 0.387 e. The van der Waals surface area contributed by atoms with Crippen LogP contribution in [0.25, 0.3) is 21.5 Å². The van der Waals surface area contributed by atoms with E-state index < -0.39 is 11.9 Å². The zero-order chi connectivity index (χ0) is 17.8. The van der Waals surface area contributed by atoms with Gasteiger partial charge in [0.25, 0.3) is 0 Å². The van der Waals surface area contributed by atoms with Crippen molar-refractivity contribution in [3.8, 4) is 0 Å². The van der Waals surface area contributed by atoms with E-state index in [0.29, 0.717) is 16.3 Å². The predicted octanol–water partition coefficient (Wildman–Crippen LogP) is 3.55. The average Bonchev–Trinajstić information content (AvgIpc) is 2.64. The molecule has 3 aromatic carbocycles. The molecule has 25 heavy (non-hydrogen) atoms. The third kappa shape index (κ3) is 3.36. The highest BCUT2D eigenvalue weighted by Crippen LogP contribution is 2.29. The fraction of sp³-hybridized carbons (Fsp3) is 0.100. The molecule has 0 aromatic heterocycles. The van der Waals surface area contributed by atoms with Gasteiger partial charge in [-0.05, 0) is 27.6 Å². The first kappa shape index (κ1) is 16.7. The second-order valence-corrected chi connectivity index (χ2v) is 5.51. The zero-order valence-electron chi connectivity index (χ0n) is 13.4. The Morgan fingerprint density at radius 2 is 1.48 bits per heavy atom. The maximum atomic E-state index is 12.6. The third-order valence-corrected chi connectivity index (χ3v) is 3.87. The molecule has 0 heterocycles. The first-order valence-corrected chi connectivity index (χ1v) is 7.74. The fourth-order valence-corrected chi connectivity index (χ4v) is 2.65. The molecule has 1 N–H and O–H groups in total. The van der Waals surface area contributed by atoms with Crippen molar-refractivity contribution in [2.45, 2.75) is 6.42 Å². The largest absolute Gasteiger partial charge is 0.396 e. The SMILES string of the molecule is C=C(CCO)C(=O)OOC(=O)c1c2ccccc2cc2ccccc12. The minimum absolute atomic E-state index is 0.0260. The molecule has 0 bridgehead atoms. The lowest BCUT2D eigenvalue weighted by Gasteiger charge is -2.10. The smallest absolute Gasteiger partial charge is 0.387 e. The molecular weight excluding hydrogens is 320 g/mol. The van der Waals surface area contributed by atoms with Crippen LogP contribution in [0.5, 0.6) is 0 Å². The van der Waals surface area contributed by atoms with Crippen molar-refractivity contribution in [3.05, 3.63) is 72.3 Å². The molecule has 0 unspecified atom stereocenters. The van der Waals surface area contributed by atoms with Crippen LogP contribution in [0.3, 0.4) is 0 Å². The molecular formula is C20H16O5. The van der Waals surface area contributed by atoms with Crippen molar-refractivity contribution in [2.75, 3.05) is 6.61 Å². The van der Waals surface area contributed by atoms with Gasteiger partial charge in [0.05, 0.1) is 5.56 Å². The van der Waals surface area contributed by atoms with Crippen LogP contribution in [0, 0.1) is 0 Å². The highest BCUT2D eigenvalue weighted by atomic mass is 17.2. The molecule has 0 atom stereocenters. The number of hydrogen-bond acceptors (Lipinski definition) is 5. The monoisotopic (exact) mass is 336 g/mol. The topological polar surface area (TPSA) is 72.8 Å². The zero-order valence-corrected chi connectivity index (χ0v) is 13.4. The Labute approximate surface area is 144 Å². The lowest BCUT2D eigenvalue weighted by molar-refractivity contribution is -0.229. The van der Waals surface area contributed by atoms with Gasteiger partial charge in [0.1, 0.15) is 0 Å². The second kappa shape index (κ2) is 7.15. The van der Waals surface area contributed by atoms with E-state index in [1.165, 1.54) is 0 Å². The van der Waals surface area contributed by atoms with Crippen LogP contribution < -0.4 is 0 Å². The summed E-state index contributed by atoms with van der Waals surface area (Å²) in [5.74, 6) is -1.65. The normalized spacial score (nSPS) is 10.6. The predicted molar refractivity (Wildman–Crippen MR) is 93.8 cm³/mol. The average molecular weight is 336 g/mol. The minimum Gasteiger partial charge on any atom is -0.396 e. The van der Waals surface area contributed by atoms with Gasteiger partial charge in [-0.15, -0.1) is 0 Å². The van der Waals surface area contributed by atoms with Gasteiger partial charge in [0, 0.05) is 18.6 Å². The Kier molecular flexibility index (Phi) is 4.77. The minimum atomic E-state index is -0.882. The molecule has 0 aliphatic heterocycles. The standard InChI is InChI=1S/C20H16O5/c1-13(10-11-21)19(22)24-25-20(23)18-16-8-4-2-6-14(16)12-15-7-3-5-9-17(15)18/h2-9,12,21H,1,10-11H2. The van der Waals surface area contributed by atoms with E-state index in [1.807, 2.05) is 54.6 Å². The van der Waals surface area contributed by atoms with Crippen LogP contribution in [-0.2, 0) is 14.6 Å². The van der Waals surface area contributed by atoms with Crippen LogP contribution >= 0.6 is 0 Å². The molecule has 126 valence electrons. The summed E-state index contributed by atoms with van der Waals surface area (Å²) in [6.07, 6.45) is 0.0492. The van der Waals surface area contributed by atoms with Gasteiger partial charge in [-0.3, -0.25) is 0 Å². The molecule has 5 heteroatoms. The number of fused-ring (bicyclic) bond motifs is 2. The number of rotatable bonds is 4. The van der Waals surface area contributed by atoms with Crippen molar-refractivity contribution in [1.82, 2.24) is 0 Å². The Morgan fingerprint density at radius 1 is 0.920 bits per heavy atom. The molecule has 0 saturated heterocycles. The molecule has 3 aromatic rings. The summed E-state index contributed by atoms with van der Waals surface area (Å²) in [7, 11) is 0. The van der Waals surface area contributed by atoms with E-state index in [2.05, 4.69) is 11.5 Å². The van der Waals surface area contributed by atoms with Gasteiger partial charge in [0.2, 0.25) is 0 Å². The third-order valence-electron chi connectivity index (χ3n) is 3.87. The van der Waals surface area contributed by atoms with Gasteiger partial charge in [0.15, 0.2) is 0 Å². The van der Waals surface area contributed by atoms with Crippen molar-refractivity contribution in [2.24, 2.45) is 0 Å². The van der Waals surface area contributed by atoms with Gasteiger partial charge in [-0.25, -0.2) is 19.4 Å². The summed E-state index contributed by atoms with van der Waals surface area (Å²) in [5.41, 5.74) is 0.354. The van der Waals surface area contributed by atoms with Crippen LogP contribution in [0.2, 0.25) is 0 Å². The number of carbonyl (C=O) groups is 2. The van der Waals surface area contributed by atoms with Crippen molar-refractivity contribution in [1.29, 1.82) is 0 Å². The van der Waals surface area contributed by atoms with E-state index >= 15 is 0 Å². The number of hydrogen-bond donors (Lipinski definition) is 1. The molecule has 3 rings (SSSR count). The van der Waals surface area contributed by atoms with E-state index in [0.717, 1.165) is 10.8 Å². The first-order valence-electron chi connectivity index (χ1n) is 7.74. The molecule has 0 aliphatic carbocycles. The van der Waals surface area contributed by atoms with E-state index in [-0.39, 0.29) is 18.6 Å². The number of carbonyl (C=O) groups excluding carboxylic acids is 2. The molecule has 5 nitrogen and oxygen atoms in total. The molecule has 0 aliphatic rings. The number of aliphatic hydroxyl groups excluding tert-OH is 1. The molecule has 0 saturated carbocycles. The summed E-state index contributed by atoms with van der Waals surface area (Å²) in [4.78, 5) is 33.6. The van der Waals surface area contributed by atoms with Gasteiger partial charge in [-0.2, -0.15) is 0 Å². The summed E-state index contributed by atoms with van der Waals surface area (Å²) in [6, 6.07) is 16.8. The molecule has 0 spiro atoms. The van der Waals surface area contributed by atoms with Crippen LogP contribution in [0.4, 0.5) is 0 Å². The Morgan fingerprint density at radius 3 is 2.04 bits per heavy atom. The highest BCUT2D eigenvalue weighted by molar-refractivity contribution is 6.16. The summed E-state index contributed by atoms with van der Waals surface area (Å²) in [5, 5.41) is 12.0. The van der Waals surface area contributed by atoms with Crippen LogP contribution in [0.1, 0.15) is 16.8 Å². The van der Waals surface area contributed by atoms with Gasteiger partial charge in [-0.1, -0.05) is 55.1 Å². The van der Waals surface area contributed by atoms with Gasteiger partial charge >= 0.3 is 11.9 Å². The molecule has 0 amide bonds. The number of benzene rings is 3. The van der Waals surface area contributed by atoms with Gasteiger partial charge < -0.3 is 5.11 Å². The molecule has 0 fully saturated rings. The maximum absolute atomic E-state index is 12.6. The van der Waals surface area contributed by atoms with Crippen LogP contribution in [-0.4, -0.2) is 23.7 Å². The second-order valence-electron chi connectivity index (χ2n) is 5.51. The Balaban J connectivity index is 1.97. The lowest BCUT2D eigenvalue weighted by atomic mass is 9.97. The Bertz CT molecular complexity index is 920. The van der Waals surface area contributed by atoms with Crippen molar-refractivity contribution >= 4 is 33.5 Å². The quantitative estimate of drug-likeness (QED) is 0.341. The summed E-state index contributed by atoms with van der Waals surface area (Å²) in [6.45, 7) is 3.23. The van der Waals surface area contributed by atoms with Crippen molar-refractivity contribution in [3.63, 3.8) is 0 Å². The van der Waals surface area contributed by atoms with Crippen molar-refractivity contribution < 1.29 is 24.5 Å². The number of aliphatic hydroxyl groups is 1. The summed E-state index contributed by atoms with van der Waals surface area (Å²) >= 11 is 0. The fourth-order valence-electron chi connectivity index (χ4n) is 2.65. The first-order chi connectivity index (χ1) is 12.1. The lowest BCUT2D eigenvalue weighted by Crippen LogP contribution is -2.14. The van der Waals surface area contributed by atoms with E-state index in [4.69, 9.17) is 9.99 Å².